The Kier molecular flexibility index (Phi) is 9.08. The minimum atomic E-state index is 0.119. The molecule has 0 amide bonds. The molecular formula is C57H43N3. The van der Waals surface area contributed by atoms with E-state index in [2.05, 4.69) is 164 Å². The van der Waals surface area contributed by atoms with Gasteiger partial charge in [0.15, 0.2) is 17.5 Å². The highest BCUT2D eigenvalue weighted by Gasteiger charge is 2.45. The van der Waals surface area contributed by atoms with Gasteiger partial charge in [0.2, 0.25) is 0 Å². The molecule has 9 aromatic rings. The molecule has 286 valence electrons. The molecule has 0 atom stereocenters. The van der Waals surface area contributed by atoms with Gasteiger partial charge in [0.05, 0.1) is 0 Å². The van der Waals surface area contributed by atoms with Crippen LogP contribution in [0.25, 0.3) is 89.8 Å². The second-order valence-electron chi connectivity index (χ2n) is 16.3. The molecule has 3 nitrogen and oxygen atoms in total. The zero-order chi connectivity index (χ0) is 39.9. The maximum atomic E-state index is 5.05. The molecule has 0 bridgehead atoms. The summed E-state index contributed by atoms with van der Waals surface area (Å²) in [5, 5.41) is 0. The Balaban J connectivity index is 0.895. The molecule has 8 aromatic carbocycles. The summed E-state index contributed by atoms with van der Waals surface area (Å²) in [6.07, 6.45) is 6.38. The molecule has 1 saturated carbocycles. The largest absolute Gasteiger partial charge is 0.208 e. The van der Waals surface area contributed by atoms with Gasteiger partial charge in [-0.1, -0.05) is 207 Å². The van der Waals surface area contributed by atoms with Crippen molar-refractivity contribution in [3.05, 3.63) is 211 Å². The molecule has 1 spiro atoms. The molecule has 11 rings (SSSR count). The first kappa shape index (κ1) is 35.9. The quantitative estimate of drug-likeness (QED) is 0.162. The molecule has 0 N–H and O–H groups in total. The third-order valence-corrected chi connectivity index (χ3v) is 12.7. The Labute approximate surface area is 352 Å². The van der Waals surface area contributed by atoms with E-state index < -0.39 is 0 Å². The highest BCUT2D eigenvalue weighted by atomic mass is 15.0. The minimum absolute atomic E-state index is 0.119. The lowest BCUT2D eigenvalue weighted by Gasteiger charge is -2.37. The third-order valence-electron chi connectivity index (χ3n) is 12.7. The van der Waals surface area contributed by atoms with Crippen LogP contribution in [0.15, 0.2) is 200 Å². The maximum absolute atomic E-state index is 5.05. The van der Waals surface area contributed by atoms with E-state index >= 15 is 0 Å². The van der Waals surface area contributed by atoms with Gasteiger partial charge >= 0.3 is 0 Å². The average Bonchev–Trinajstić information content (AvgIpc) is 3.60. The van der Waals surface area contributed by atoms with Gasteiger partial charge < -0.3 is 0 Å². The fourth-order valence-electron chi connectivity index (χ4n) is 9.83. The van der Waals surface area contributed by atoms with Crippen molar-refractivity contribution >= 4 is 0 Å². The van der Waals surface area contributed by atoms with Gasteiger partial charge in [0.25, 0.3) is 0 Å². The lowest BCUT2D eigenvalue weighted by Crippen LogP contribution is -2.28. The summed E-state index contributed by atoms with van der Waals surface area (Å²) in [7, 11) is 0. The van der Waals surface area contributed by atoms with E-state index in [4.69, 9.17) is 15.0 Å². The van der Waals surface area contributed by atoms with Gasteiger partial charge in [0, 0.05) is 22.1 Å². The summed E-state index contributed by atoms with van der Waals surface area (Å²) < 4.78 is 0. The molecule has 2 aliphatic rings. The number of benzene rings is 8. The Bertz CT molecular complexity index is 2980. The highest BCUT2D eigenvalue weighted by Crippen LogP contribution is 2.58. The Morgan fingerprint density at radius 3 is 1.32 bits per heavy atom. The third kappa shape index (κ3) is 6.44. The first-order chi connectivity index (χ1) is 29.7. The van der Waals surface area contributed by atoms with E-state index in [1.54, 1.807) is 5.56 Å². The fraction of sp³-hybridized carbons (Fsp3) is 0.105. The van der Waals surface area contributed by atoms with E-state index in [1.165, 1.54) is 76.6 Å². The van der Waals surface area contributed by atoms with Crippen molar-refractivity contribution in [2.45, 2.75) is 37.5 Å². The van der Waals surface area contributed by atoms with Gasteiger partial charge in [-0.25, -0.2) is 15.0 Å². The summed E-state index contributed by atoms with van der Waals surface area (Å²) in [5.41, 5.74) is 18.6. The topological polar surface area (TPSA) is 38.7 Å². The zero-order valence-electron chi connectivity index (χ0n) is 33.4. The van der Waals surface area contributed by atoms with Gasteiger partial charge in [-0.2, -0.15) is 0 Å². The lowest BCUT2D eigenvalue weighted by molar-refractivity contribution is 0.353. The van der Waals surface area contributed by atoms with Crippen LogP contribution in [-0.4, -0.2) is 15.0 Å². The van der Waals surface area contributed by atoms with Crippen LogP contribution in [0.1, 0.15) is 43.2 Å². The predicted molar refractivity (Wildman–Crippen MR) is 247 cm³/mol. The molecule has 0 saturated heterocycles. The van der Waals surface area contributed by atoms with Crippen molar-refractivity contribution < 1.29 is 0 Å². The number of rotatable bonds is 7. The molecule has 1 heterocycles. The first-order valence-electron chi connectivity index (χ1n) is 21.2. The normalized spacial score (nSPS) is 13.8. The SMILES string of the molecule is c1ccc(-c2cccc(-c3nc(-c4ccccc4)nc(-c4ccc(-c5cccc(-c6ccc(-c7cccc8c7C7(CCCCC7)c7ccccc7-8)cc6)c5)cc4)n3)c2)cc1. The van der Waals surface area contributed by atoms with Gasteiger partial charge in [-0.3, -0.25) is 0 Å². The molecule has 1 fully saturated rings. The van der Waals surface area contributed by atoms with Crippen molar-refractivity contribution in [2.24, 2.45) is 0 Å². The Hall–Kier alpha value is -7.23. The van der Waals surface area contributed by atoms with E-state index in [0.717, 1.165) is 33.4 Å². The predicted octanol–water partition coefficient (Wildman–Crippen LogP) is 14.8. The molecule has 0 unspecified atom stereocenters. The molecule has 1 aromatic heterocycles. The molecule has 60 heavy (non-hydrogen) atoms. The first-order valence-corrected chi connectivity index (χ1v) is 21.2. The Morgan fingerprint density at radius 1 is 0.283 bits per heavy atom. The number of aromatic nitrogens is 3. The Morgan fingerprint density at radius 2 is 0.683 bits per heavy atom. The maximum Gasteiger partial charge on any atom is 0.164 e. The van der Waals surface area contributed by atoms with E-state index in [9.17, 15) is 0 Å². The van der Waals surface area contributed by atoms with Crippen molar-refractivity contribution in [3.63, 3.8) is 0 Å². The molecule has 0 aliphatic heterocycles. The molecule has 0 radical (unpaired) electrons. The number of nitrogens with zero attached hydrogens (tertiary/aromatic N) is 3. The number of hydrogen-bond acceptors (Lipinski definition) is 3. The summed E-state index contributed by atoms with van der Waals surface area (Å²) in [6, 6.07) is 71.8. The van der Waals surface area contributed by atoms with E-state index in [0.29, 0.717) is 17.5 Å². The van der Waals surface area contributed by atoms with Gasteiger partial charge in [-0.15, -0.1) is 0 Å². The van der Waals surface area contributed by atoms with Gasteiger partial charge in [0.1, 0.15) is 0 Å². The van der Waals surface area contributed by atoms with E-state index in [1.807, 2.05) is 36.4 Å². The second kappa shape index (κ2) is 15.2. The molecule has 2 aliphatic carbocycles. The highest BCUT2D eigenvalue weighted by molar-refractivity contribution is 5.89. The number of hydrogen-bond donors (Lipinski definition) is 0. The average molecular weight is 770 g/mol. The summed E-state index contributed by atoms with van der Waals surface area (Å²) in [4.78, 5) is 15.0. The monoisotopic (exact) mass is 769 g/mol. The van der Waals surface area contributed by atoms with Crippen LogP contribution in [0.3, 0.4) is 0 Å². The second-order valence-corrected chi connectivity index (χ2v) is 16.3. The van der Waals surface area contributed by atoms with Crippen LogP contribution in [-0.2, 0) is 5.41 Å². The molecular weight excluding hydrogens is 727 g/mol. The summed E-state index contributed by atoms with van der Waals surface area (Å²) >= 11 is 0. The van der Waals surface area contributed by atoms with Crippen molar-refractivity contribution in [1.82, 2.24) is 15.0 Å². The minimum Gasteiger partial charge on any atom is -0.208 e. The summed E-state index contributed by atoms with van der Waals surface area (Å²) in [6.45, 7) is 0. The zero-order valence-corrected chi connectivity index (χ0v) is 33.4. The lowest BCUT2D eigenvalue weighted by atomic mass is 9.66. The van der Waals surface area contributed by atoms with Crippen LogP contribution >= 0.6 is 0 Å². The standard InChI is InChI=1S/C57H43N3/c1-4-15-39(16-5-1)47-21-13-22-48(38-47)56-59-54(43-17-6-2-7-18-43)58-55(60-56)44-33-29-41(30-34-44)46-20-12-19-45(37-46)40-27-31-42(32-28-40)49-24-14-25-51-50-23-8-9-26-52(50)57(53(49)51)35-10-3-11-36-57/h1-2,4-9,12-34,37-38H,3,10-11,35-36H2. The van der Waals surface area contributed by atoms with E-state index in [-0.39, 0.29) is 5.41 Å². The van der Waals surface area contributed by atoms with Crippen LogP contribution < -0.4 is 0 Å². The van der Waals surface area contributed by atoms with Crippen LogP contribution in [0.5, 0.6) is 0 Å². The van der Waals surface area contributed by atoms with Crippen LogP contribution in [0.4, 0.5) is 0 Å². The summed E-state index contributed by atoms with van der Waals surface area (Å²) in [5.74, 6) is 1.94. The number of fused-ring (bicyclic) bond motifs is 5. The van der Waals surface area contributed by atoms with Crippen LogP contribution in [0, 0.1) is 0 Å². The van der Waals surface area contributed by atoms with Gasteiger partial charge in [-0.05, 0) is 91.7 Å². The van der Waals surface area contributed by atoms with Crippen LogP contribution in [0.2, 0.25) is 0 Å². The van der Waals surface area contributed by atoms with Crippen molar-refractivity contribution in [3.8, 4) is 89.8 Å². The fourth-order valence-corrected chi connectivity index (χ4v) is 9.83. The van der Waals surface area contributed by atoms with Crippen molar-refractivity contribution in [1.29, 1.82) is 0 Å². The van der Waals surface area contributed by atoms with Crippen molar-refractivity contribution in [2.75, 3.05) is 0 Å². The molecule has 3 heteroatoms. The smallest absolute Gasteiger partial charge is 0.164 e.